The summed E-state index contributed by atoms with van der Waals surface area (Å²) in [5.74, 6) is 2.05. The van der Waals surface area contributed by atoms with Gasteiger partial charge in [-0.2, -0.15) is 0 Å². The highest BCUT2D eigenvalue weighted by Crippen LogP contribution is 2.12. The van der Waals surface area contributed by atoms with Gasteiger partial charge in [0.05, 0.1) is 18.1 Å². The van der Waals surface area contributed by atoms with E-state index in [0.29, 0.717) is 18.9 Å². The molecule has 1 fully saturated rings. The van der Waals surface area contributed by atoms with Crippen LogP contribution in [0.15, 0.2) is 23.3 Å². The third kappa shape index (κ3) is 6.90. The van der Waals surface area contributed by atoms with Gasteiger partial charge in [-0.1, -0.05) is 6.07 Å². The Balaban J connectivity index is 0.00000338. The fraction of sp³-hybridized carbons (Fsp3) is 0.647. The molecule has 0 aliphatic carbocycles. The minimum absolute atomic E-state index is 0. The monoisotopic (exact) mass is 495 g/mol. The highest BCUT2D eigenvalue weighted by atomic mass is 127. The number of guanidine groups is 1. The van der Waals surface area contributed by atoms with Crippen LogP contribution in [-0.4, -0.2) is 56.5 Å². The Morgan fingerprint density at radius 1 is 1.31 bits per heavy atom. The van der Waals surface area contributed by atoms with Crippen molar-refractivity contribution in [2.24, 2.45) is 4.99 Å². The molecule has 2 N–H and O–H groups in total. The van der Waals surface area contributed by atoms with Gasteiger partial charge in [0, 0.05) is 31.9 Å². The van der Waals surface area contributed by atoms with Gasteiger partial charge in [0.2, 0.25) is 0 Å². The van der Waals surface area contributed by atoms with Crippen LogP contribution in [0.5, 0.6) is 0 Å². The van der Waals surface area contributed by atoms with Crippen molar-refractivity contribution in [3.63, 3.8) is 0 Å². The van der Waals surface area contributed by atoms with Crippen LogP contribution in [0.3, 0.4) is 0 Å². The molecule has 7 nitrogen and oxygen atoms in total. The van der Waals surface area contributed by atoms with Crippen molar-refractivity contribution in [2.45, 2.75) is 39.8 Å². The van der Waals surface area contributed by atoms with E-state index < -0.39 is 9.84 Å². The first kappa shape index (κ1) is 22.9. The van der Waals surface area contributed by atoms with Gasteiger partial charge in [0.25, 0.3) is 0 Å². The van der Waals surface area contributed by atoms with Crippen molar-refractivity contribution in [3.05, 3.63) is 23.9 Å². The van der Waals surface area contributed by atoms with Crippen molar-refractivity contribution in [3.8, 4) is 0 Å². The quantitative estimate of drug-likeness (QED) is 0.341. The van der Waals surface area contributed by atoms with E-state index in [1.54, 1.807) is 0 Å². The molecule has 9 heteroatoms. The van der Waals surface area contributed by atoms with Crippen molar-refractivity contribution >= 4 is 45.6 Å². The third-order valence-electron chi connectivity index (χ3n) is 4.23. The van der Waals surface area contributed by atoms with Crippen LogP contribution in [0.4, 0.5) is 5.82 Å². The SMILES string of the molecule is CCNC(=NCc1ccc(N(CC)CC)nc1)NC1CCS(=O)(=O)C1.I. The van der Waals surface area contributed by atoms with Gasteiger partial charge in [-0.25, -0.2) is 18.4 Å². The number of pyridine rings is 1. The zero-order valence-corrected chi connectivity index (χ0v) is 18.9. The lowest BCUT2D eigenvalue weighted by Gasteiger charge is -2.19. The highest BCUT2D eigenvalue weighted by molar-refractivity contribution is 14.0. The summed E-state index contributed by atoms with van der Waals surface area (Å²) < 4.78 is 23.2. The number of aromatic nitrogens is 1. The molecule has 1 aliphatic rings. The summed E-state index contributed by atoms with van der Waals surface area (Å²) in [6, 6.07) is 3.99. The number of hydrogen-bond donors (Lipinski definition) is 2. The molecule has 1 atom stereocenters. The topological polar surface area (TPSA) is 86.7 Å². The maximum Gasteiger partial charge on any atom is 0.191 e. The summed E-state index contributed by atoms with van der Waals surface area (Å²) in [6.45, 7) is 9.30. The molecule has 0 amide bonds. The van der Waals surface area contributed by atoms with Crippen LogP contribution in [0.1, 0.15) is 32.8 Å². The first-order chi connectivity index (χ1) is 12.0. The lowest BCUT2D eigenvalue weighted by Crippen LogP contribution is -2.44. The fourth-order valence-electron chi connectivity index (χ4n) is 2.84. The van der Waals surface area contributed by atoms with Crippen molar-refractivity contribution in [1.29, 1.82) is 0 Å². The van der Waals surface area contributed by atoms with Crippen LogP contribution in [-0.2, 0) is 16.4 Å². The molecule has 0 spiro atoms. The van der Waals surface area contributed by atoms with E-state index in [1.807, 2.05) is 25.3 Å². The van der Waals surface area contributed by atoms with E-state index in [9.17, 15) is 8.42 Å². The Labute approximate surface area is 174 Å². The predicted octanol–water partition coefficient (Wildman–Crippen LogP) is 1.79. The van der Waals surface area contributed by atoms with Crippen molar-refractivity contribution < 1.29 is 8.42 Å². The van der Waals surface area contributed by atoms with E-state index in [0.717, 1.165) is 31.0 Å². The van der Waals surface area contributed by atoms with E-state index in [2.05, 4.69) is 39.4 Å². The minimum atomic E-state index is -2.90. The molecule has 0 saturated carbocycles. The Morgan fingerprint density at radius 2 is 2.04 bits per heavy atom. The average Bonchev–Trinajstić information content (AvgIpc) is 2.94. The lowest BCUT2D eigenvalue weighted by atomic mass is 10.2. The molecule has 1 saturated heterocycles. The Kier molecular flexibility index (Phi) is 9.62. The number of aliphatic imine (C=N–C) groups is 1. The fourth-order valence-corrected chi connectivity index (χ4v) is 4.51. The van der Waals surface area contributed by atoms with Crippen LogP contribution in [0.25, 0.3) is 0 Å². The molecule has 26 heavy (non-hydrogen) atoms. The molecule has 1 aromatic rings. The number of rotatable bonds is 7. The molecule has 148 valence electrons. The molecular weight excluding hydrogens is 465 g/mol. The second-order valence-electron chi connectivity index (χ2n) is 6.14. The van der Waals surface area contributed by atoms with Gasteiger partial charge in [0.15, 0.2) is 15.8 Å². The Hall–Kier alpha value is -1.10. The number of halogens is 1. The molecule has 1 aromatic heterocycles. The Morgan fingerprint density at radius 3 is 2.54 bits per heavy atom. The van der Waals surface area contributed by atoms with Gasteiger partial charge >= 0.3 is 0 Å². The second-order valence-corrected chi connectivity index (χ2v) is 8.37. The van der Waals surface area contributed by atoms with Crippen LogP contribution in [0.2, 0.25) is 0 Å². The molecule has 2 heterocycles. The summed E-state index contributed by atoms with van der Waals surface area (Å²) >= 11 is 0. The second kappa shape index (κ2) is 10.9. The van der Waals surface area contributed by atoms with Crippen LogP contribution in [0, 0.1) is 0 Å². The summed E-state index contributed by atoms with van der Waals surface area (Å²) in [7, 11) is -2.90. The normalized spacial score (nSPS) is 18.9. The van der Waals surface area contributed by atoms with Gasteiger partial charge in [0.1, 0.15) is 5.82 Å². The van der Waals surface area contributed by atoms with E-state index in [4.69, 9.17) is 0 Å². The average molecular weight is 495 g/mol. The number of hydrogen-bond acceptors (Lipinski definition) is 5. The summed E-state index contributed by atoms with van der Waals surface area (Å²) in [5.41, 5.74) is 1.02. The summed E-state index contributed by atoms with van der Waals surface area (Å²) in [4.78, 5) is 11.3. The van der Waals surface area contributed by atoms with Crippen molar-refractivity contribution in [2.75, 3.05) is 36.0 Å². The molecule has 1 aliphatic heterocycles. The largest absolute Gasteiger partial charge is 0.357 e. The highest BCUT2D eigenvalue weighted by Gasteiger charge is 2.28. The number of anilines is 1. The Bertz CT molecular complexity index is 675. The number of nitrogens with zero attached hydrogens (tertiary/aromatic N) is 3. The maximum absolute atomic E-state index is 11.6. The molecule has 0 radical (unpaired) electrons. The van der Waals surface area contributed by atoms with E-state index >= 15 is 0 Å². The zero-order chi connectivity index (χ0) is 18.3. The van der Waals surface area contributed by atoms with Crippen molar-refractivity contribution in [1.82, 2.24) is 15.6 Å². The van der Waals surface area contributed by atoms with E-state index in [1.165, 1.54) is 0 Å². The molecule has 2 rings (SSSR count). The lowest BCUT2D eigenvalue weighted by molar-refractivity contribution is 0.599. The first-order valence-corrected chi connectivity index (χ1v) is 10.7. The predicted molar refractivity (Wildman–Crippen MR) is 118 cm³/mol. The molecule has 1 unspecified atom stereocenters. The third-order valence-corrected chi connectivity index (χ3v) is 6.00. The summed E-state index contributed by atoms with van der Waals surface area (Å²) in [5, 5.41) is 6.39. The maximum atomic E-state index is 11.6. The zero-order valence-electron chi connectivity index (χ0n) is 15.7. The van der Waals surface area contributed by atoms with Crippen LogP contribution < -0.4 is 15.5 Å². The molecule has 0 bridgehead atoms. The standard InChI is InChI=1S/C17H29N5O2S.HI/c1-4-18-17(21-15-9-10-25(23,24)13-15)20-12-14-7-8-16(19-11-14)22(5-2)6-3;/h7-8,11,15H,4-6,9-10,12-13H2,1-3H3,(H2,18,20,21);1H. The van der Waals surface area contributed by atoms with Gasteiger partial charge in [-0.15, -0.1) is 24.0 Å². The number of sulfone groups is 1. The molecular formula is C17H30IN5O2S. The van der Waals surface area contributed by atoms with Gasteiger partial charge < -0.3 is 15.5 Å². The minimum Gasteiger partial charge on any atom is -0.357 e. The number of nitrogens with one attached hydrogen (secondary N) is 2. The smallest absolute Gasteiger partial charge is 0.191 e. The van der Waals surface area contributed by atoms with Gasteiger partial charge in [-0.3, -0.25) is 0 Å². The van der Waals surface area contributed by atoms with E-state index in [-0.39, 0.29) is 41.5 Å². The summed E-state index contributed by atoms with van der Waals surface area (Å²) in [6.07, 6.45) is 2.48. The molecule has 0 aromatic carbocycles. The van der Waals surface area contributed by atoms with Crippen LogP contribution >= 0.6 is 24.0 Å². The first-order valence-electron chi connectivity index (χ1n) is 8.92. The van der Waals surface area contributed by atoms with Gasteiger partial charge in [-0.05, 0) is 38.8 Å².